The molecule has 1 unspecified atom stereocenters. The third-order valence-electron chi connectivity index (χ3n) is 5.62. The van der Waals surface area contributed by atoms with Crippen LogP contribution >= 0.6 is 0 Å². The van der Waals surface area contributed by atoms with E-state index in [0.717, 1.165) is 25.8 Å². The third-order valence-corrected chi connectivity index (χ3v) is 5.62. The molecule has 0 fully saturated rings. The minimum Gasteiger partial charge on any atom is -0.336 e. The fourth-order valence-corrected chi connectivity index (χ4v) is 4.22. The molecule has 1 aliphatic heterocycles. The van der Waals surface area contributed by atoms with Gasteiger partial charge in [-0.15, -0.1) is 0 Å². The smallest absolute Gasteiger partial charge is 0.242 e. The van der Waals surface area contributed by atoms with E-state index in [-0.39, 0.29) is 23.8 Å². The van der Waals surface area contributed by atoms with Gasteiger partial charge in [0.05, 0.1) is 6.54 Å². The molecule has 1 heterocycles. The number of benzene rings is 1. The molecule has 4 nitrogen and oxygen atoms in total. The molecule has 4 heteroatoms. The Morgan fingerprint density at radius 1 is 1.10 bits per heavy atom. The highest BCUT2D eigenvalue weighted by atomic mass is 16.2. The number of hydrogen-bond acceptors (Lipinski definition) is 2. The van der Waals surface area contributed by atoms with Crippen LogP contribution in [0.2, 0.25) is 0 Å². The van der Waals surface area contributed by atoms with E-state index in [4.69, 9.17) is 0 Å². The number of hydrogen-bond donors (Lipinski definition) is 0. The van der Waals surface area contributed by atoms with Gasteiger partial charge in [0.2, 0.25) is 11.8 Å². The summed E-state index contributed by atoms with van der Waals surface area (Å²) in [6, 6.07) is 8.33. The van der Waals surface area contributed by atoms with Crippen LogP contribution in [-0.2, 0) is 22.6 Å². The quantitative estimate of drug-likeness (QED) is 0.622. The van der Waals surface area contributed by atoms with Gasteiger partial charge in [-0.05, 0) is 47.6 Å². The van der Waals surface area contributed by atoms with Crippen molar-refractivity contribution in [3.63, 3.8) is 0 Å². The molecule has 2 amide bonds. The maximum absolute atomic E-state index is 13.0. The summed E-state index contributed by atoms with van der Waals surface area (Å²) in [4.78, 5) is 29.8. The van der Waals surface area contributed by atoms with E-state index in [0.29, 0.717) is 31.3 Å². The summed E-state index contributed by atoms with van der Waals surface area (Å²) in [5.74, 6) is 1.02. The van der Waals surface area contributed by atoms with Gasteiger partial charge in [0, 0.05) is 26.1 Å². The highest BCUT2D eigenvalue weighted by molar-refractivity contribution is 5.85. The summed E-state index contributed by atoms with van der Waals surface area (Å²) in [5, 5.41) is 0. The molecule has 0 spiro atoms. The maximum Gasteiger partial charge on any atom is 0.242 e. The van der Waals surface area contributed by atoms with Gasteiger partial charge in [0.15, 0.2) is 0 Å². The summed E-state index contributed by atoms with van der Waals surface area (Å²) in [6.45, 7) is 15.4. The van der Waals surface area contributed by atoms with E-state index >= 15 is 0 Å². The second-order valence-corrected chi connectivity index (χ2v) is 10.4. The summed E-state index contributed by atoms with van der Waals surface area (Å²) < 4.78 is 0. The maximum atomic E-state index is 13.0. The van der Waals surface area contributed by atoms with Gasteiger partial charge >= 0.3 is 0 Å². The van der Waals surface area contributed by atoms with Crippen LogP contribution in [0.4, 0.5) is 0 Å². The molecule has 29 heavy (non-hydrogen) atoms. The molecule has 1 aliphatic rings. The molecule has 1 atom stereocenters. The molecule has 0 aliphatic carbocycles. The highest BCUT2D eigenvalue weighted by Gasteiger charge is 2.26. The van der Waals surface area contributed by atoms with Crippen LogP contribution in [0.5, 0.6) is 0 Å². The molecule has 0 aromatic heterocycles. The number of rotatable bonds is 8. The van der Waals surface area contributed by atoms with Gasteiger partial charge in [-0.1, -0.05) is 65.8 Å². The van der Waals surface area contributed by atoms with Crippen molar-refractivity contribution < 1.29 is 9.59 Å². The Morgan fingerprint density at radius 2 is 1.76 bits per heavy atom. The van der Waals surface area contributed by atoms with Crippen LogP contribution in [0.3, 0.4) is 0 Å². The average Bonchev–Trinajstić information content (AvgIpc) is 2.62. The second-order valence-electron chi connectivity index (χ2n) is 10.4. The first kappa shape index (κ1) is 23.4. The molecule has 0 bridgehead atoms. The summed E-state index contributed by atoms with van der Waals surface area (Å²) in [5.41, 5.74) is 2.77. The lowest BCUT2D eigenvalue weighted by Gasteiger charge is -2.32. The van der Waals surface area contributed by atoms with Gasteiger partial charge in [0.25, 0.3) is 0 Å². The Labute approximate surface area is 177 Å². The fourth-order valence-electron chi connectivity index (χ4n) is 4.22. The van der Waals surface area contributed by atoms with Crippen molar-refractivity contribution in [2.24, 2.45) is 17.3 Å². The summed E-state index contributed by atoms with van der Waals surface area (Å²) in [6.07, 6.45) is 3.35. The van der Waals surface area contributed by atoms with Crippen LogP contribution in [0.15, 0.2) is 24.3 Å². The van der Waals surface area contributed by atoms with Gasteiger partial charge in [-0.2, -0.15) is 0 Å². The molecule has 0 N–H and O–H groups in total. The molecule has 1 aromatic carbocycles. The van der Waals surface area contributed by atoms with Crippen LogP contribution in [0.25, 0.3) is 0 Å². The van der Waals surface area contributed by atoms with Crippen molar-refractivity contribution in [1.29, 1.82) is 0 Å². The van der Waals surface area contributed by atoms with Crippen molar-refractivity contribution in [3.8, 4) is 0 Å². The lowest BCUT2D eigenvalue weighted by Crippen LogP contribution is -2.45. The molecule has 1 aromatic rings. The predicted octanol–water partition coefficient (Wildman–Crippen LogP) is 4.91. The minimum atomic E-state index is 0.0695. The molecule has 0 saturated heterocycles. The molecular weight excluding hydrogens is 360 g/mol. The van der Waals surface area contributed by atoms with Crippen molar-refractivity contribution in [3.05, 3.63) is 35.4 Å². The topological polar surface area (TPSA) is 40.6 Å². The van der Waals surface area contributed by atoms with Crippen molar-refractivity contribution in [2.75, 3.05) is 19.6 Å². The minimum absolute atomic E-state index is 0.0695. The van der Waals surface area contributed by atoms with Gasteiger partial charge in [-0.25, -0.2) is 0 Å². The van der Waals surface area contributed by atoms with E-state index in [9.17, 15) is 9.59 Å². The Bertz CT molecular complexity index is 690. The summed E-state index contributed by atoms with van der Waals surface area (Å²) in [7, 11) is 0. The first-order chi connectivity index (χ1) is 13.5. The lowest BCUT2D eigenvalue weighted by molar-refractivity contribution is -0.141. The second kappa shape index (κ2) is 10.3. The van der Waals surface area contributed by atoms with E-state index in [1.165, 1.54) is 11.1 Å². The van der Waals surface area contributed by atoms with Gasteiger partial charge in [0.1, 0.15) is 0 Å². The zero-order valence-corrected chi connectivity index (χ0v) is 19.3. The van der Waals surface area contributed by atoms with Crippen molar-refractivity contribution >= 4 is 11.8 Å². The molecule has 162 valence electrons. The SMILES string of the molecule is CC(C)CCN(CC(=O)N1CCc2ccccc2C1)C(=O)CC(C)CC(C)(C)C. The normalized spacial score (nSPS) is 15.2. The number of carbonyl (C=O) groups excluding carboxylic acids is 2. The number of carbonyl (C=O) groups is 2. The fraction of sp³-hybridized carbons (Fsp3) is 0.680. The Balaban J connectivity index is 2.00. The summed E-state index contributed by atoms with van der Waals surface area (Å²) >= 11 is 0. The van der Waals surface area contributed by atoms with Crippen molar-refractivity contribution in [1.82, 2.24) is 9.80 Å². The number of fused-ring (bicyclic) bond motifs is 1. The van der Waals surface area contributed by atoms with Gasteiger partial charge in [-0.3, -0.25) is 9.59 Å². The molecule has 0 saturated carbocycles. The zero-order valence-electron chi connectivity index (χ0n) is 19.3. The van der Waals surface area contributed by atoms with Crippen LogP contribution in [0, 0.1) is 17.3 Å². The molecule has 0 radical (unpaired) electrons. The zero-order chi connectivity index (χ0) is 21.6. The third kappa shape index (κ3) is 7.83. The number of nitrogens with zero attached hydrogens (tertiary/aromatic N) is 2. The largest absolute Gasteiger partial charge is 0.336 e. The molecule has 2 rings (SSSR count). The lowest BCUT2D eigenvalue weighted by atomic mass is 9.84. The van der Waals surface area contributed by atoms with Crippen LogP contribution in [0.1, 0.15) is 71.9 Å². The van der Waals surface area contributed by atoms with E-state index in [1.807, 2.05) is 15.9 Å². The van der Waals surface area contributed by atoms with Crippen LogP contribution < -0.4 is 0 Å². The first-order valence-electron chi connectivity index (χ1n) is 11.2. The highest BCUT2D eigenvalue weighted by Crippen LogP contribution is 2.26. The monoisotopic (exact) mass is 400 g/mol. The predicted molar refractivity (Wildman–Crippen MR) is 119 cm³/mol. The van der Waals surface area contributed by atoms with E-state index in [1.54, 1.807) is 0 Å². The van der Waals surface area contributed by atoms with Crippen molar-refractivity contribution in [2.45, 2.75) is 73.8 Å². The Hall–Kier alpha value is -1.84. The van der Waals surface area contributed by atoms with Crippen LogP contribution in [-0.4, -0.2) is 41.2 Å². The molecular formula is C25H40N2O2. The Kier molecular flexibility index (Phi) is 8.30. The van der Waals surface area contributed by atoms with E-state index in [2.05, 4.69) is 59.7 Å². The number of amides is 2. The standard InChI is InChI=1S/C25H40N2O2/c1-19(2)11-13-27(23(28)15-20(3)16-25(4,5)6)18-24(29)26-14-12-21-9-7-8-10-22(21)17-26/h7-10,19-20H,11-18H2,1-6H3. The first-order valence-corrected chi connectivity index (χ1v) is 11.2. The average molecular weight is 401 g/mol. The van der Waals surface area contributed by atoms with Gasteiger partial charge < -0.3 is 9.80 Å². The van der Waals surface area contributed by atoms with E-state index < -0.39 is 0 Å². The Morgan fingerprint density at radius 3 is 2.38 bits per heavy atom.